The normalized spacial score (nSPS) is 35.2. The number of carbonyl (C=O) groups is 1. The highest BCUT2D eigenvalue weighted by atomic mass is 16.1. The summed E-state index contributed by atoms with van der Waals surface area (Å²) in [6, 6.07) is 0.803. The quantitative estimate of drug-likeness (QED) is 0.637. The van der Waals surface area contributed by atoms with Gasteiger partial charge in [-0.15, -0.1) is 0 Å². The van der Waals surface area contributed by atoms with Crippen LogP contribution in [0.1, 0.15) is 25.7 Å². The van der Waals surface area contributed by atoms with Crippen LogP contribution in [0.5, 0.6) is 0 Å². The number of hydrogen-bond donors (Lipinski definition) is 2. The summed E-state index contributed by atoms with van der Waals surface area (Å²) in [6.07, 6.45) is 4.84. The first kappa shape index (κ1) is 9.93. The van der Waals surface area contributed by atoms with Gasteiger partial charge in [-0.3, -0.25) is 9.69 Å². The van der Waals surface area contributed by atoms with Gasteiger partial charge in [0.1, 0.15) is 0 Å². The second kappa shape index (κ2) is 3.87. The summed E-state index contributed by atoms with van der Waals surface area (Å²) in [5, 5.41) is 0. The van der Waals surface area contributed by atoms with Gasteiger partial charge in [0.05, 0.1) is 5.92 Å². The summed E-state index contributed by atoms with van der Waals surface area (Å²) in [7, 11) is 0. The second-order valence-electron chi connectivity index (χ2n) is 4.57. The van der Waals surface area contributed by atoms with E-state index in [9.17, 15) is 4.79 Å². The molecule has 1 saturated carbocycles. The molecule has 80 valence electrons. The van der Waals surface area contributed by atoms with Crippen LogP contribution in [0.2, 0.25) is 0 Å². The molecule has 0 aromatic rings. The molecule has 4 nitrogen and oxygen atoms in total. The number of nitrogens with zero attached hydrogens (tertiary/aromatic N) is 1. The summed E-state index contributed by atoms with van der Waals surface area (Å²) in [4.78, 5) is 13.2. The molecule has 0 bridgehead atoms. The summed E-state index contributed by atoms with van der Waals surface area (Å²) in [5.41, 5.74) is 11.3. The molecule has 0 aromatic heterocycles. The summed E-state index contributed by atoms with van der Waals surface area (Å²) in [6.45, 7) is 1.65. The van der Waals surface area contributed by atoms with Crippen molar-refractivity contribution in [2.24, 2.45) is 17.4 Å². The van der Waals surface area contributed by atoms with Crippen LogP contribution in [0.4, 0.5) is 0 Å². The van der Waals surface area contributed by atoms with E-state index >= 15 is 0 Å². The third-order valence-corrected chi connectivity index (χ3v) is 3.56. The molecule has 4 N–H and O–H groups in total. The molecule has 0 spiro atoms. The topological polar surface area (TPSA) is 72.4 Å². The van der Waals surface area contributed by atoms with E-state index in [0.717, 1.165) is 19.5 Å². The molecule has 2 rings (SSSR count). The number of primary amides is 1. The van der Waals surface area contributed by atoms with E-state index in [1.807, 2.05) is 0 Å². The Morgan fingerprint density at radius 1 is 1.21 bits per heavy atom. The van der Waals surface area contributed by atoms with Gasteiger partial charge in [-0.25, -0.2) is 0 Å². The average molecular weight is 197 g/mol. The Kier molecular flexibility index (Phi) is 2.74. The zero-order valence-corrected chi connectivity index (χ0v) is 8.48. The van der Waals surface area contributed by atoms with Crippen LogP contribution >= 0.6 is 0 Å². The van der Waals surface area contributed by atoms with Crippen LogP contribution in [0.3, 0.4) is 0 Å². The van der Waals surface area contributed by atoms with Gasteiger partial charge in [0.25, 0.3) is 0 Å². The lowest BCUT2D eigenvalue weighted by Gasteiger charge is -2.46. The number of hydrogen-bond acceptors (Lipinski definition) is 3. The summed E-state index contributed by atoms with van der Waals surface area (Å²) >= 11 is 0. The van der Waals surface area contributed by atoms with E-state index < -0.39 is 0 Å². The minimum absolute atomic E-state index is 0.0733. The molecule has 4 heteroatoms. The fourth-order valence-electron chi connectivity index (χ4n) is 2.56. The van der Waals surface area contributed by atoms with Gasteiger partial charge in [0.15, 0.2) is 0 Å². The van der Waals surface area contributed by atoms with E-state index in [4.69, 9.17) is 11.5 Å². The first-order valence-electron chi connectivity index (χ1n) is 5.47. The molecule has 1 aliphatic carbocycles. The molecule has 1 aliphatic heterocycles. The van der Waals surface area contributed by atoms with Gasteiger partial charge in [0.2, 0.25) is 5.91 Å². The van der Waals surface area contributed by atoms with Crippen molar-refractivity contribution in [3.05, 3.63) is 0 Å². The highest BCUT2D eigenvalue weighted by Gasteiger charge is 2.38. The number of amides is 1. The van der Waals surface area contributed by atoms with E-state index in [2.05, 4.69) is 4.90 Å². The van der Waals surface area contributed by atoms with Crippen LogP contribution in [-0.4, -0.2) is 36.0 Å². The molecule has 2 atom stereocenters. The Morgan fingerprint density at radius 3 is 2.43 bits per heavy atom. The van der Waals surface area contributed by atoms with Crippen molar-refractivity contribution in [3.8, 4) is 0 Å². The Balaban J connectivity index is 1.83. The highest BCUT2D eigenvalue weighted by molar-refractivity contribution is 5.78. The van der Waals surface area contributed by atoms with Gasteiger partial charge in [-0.2, -0.15) is 0 Å². The summed E-state index contributed by atoms with van der Waals surface area (Å²) in [5.74, 6) is -0.0882. The molecule has 2 unspecified atom stereocenters. The van der Waals surface area contributed by atoms with E-state index in [0.29, 0.717) is 12.1 Å². The highest BCUT2D eigenvalue weighted by Crippen LogP contribution is 2.27. The minimum Gasteiger partial charge on any atom is -0.369 e. The molecule has 1 saturated heterocycles. The molecule has 1 heterocycles. The van der Waals surface area contributed by atoms with Crippen molar-refractivity contribution < 1.29 is 4.79 Å². The van der Waals surface area contributed by atoms with Crippen LogP contribution in [0.15, 0.2) is 0 Å². The van der Waals surface area contributed by atoms with Gasteiger partial charge < -0.3 is 11.5 Å². The third kappa shape index (κ3) is 1.77. The van der Waals surface area contributed by atoms with Crippen molar-refractivity contribution in [2.45, 2.75) is 37.8 Å². The fraction of sp³-hybridized carbons (Fsp3) is 0.900. The molecular formula is C10H19N3O. The van der Waals surface area contributed by atoms with Crippen LogP contribution in [0.25, 0.3) is 0 Å². The third-order valence-electron chi connectivity index (χ3n) is 3.56. The SMILES string of the molecule is NC(=O)C1CN(C2CCCCC2N)C1. The summed E-state index contributed by atoms with van der Waals surface area (Å²) < 4.78 is 0. The lowest BCUT2D eigenvalue weighted by Crippen LogP contribution is -2.61. The van der Waals surface area contributed by atoms with Crippen molar-refractivity contribution in [3.63, 3.8) is 0 Å². The number of rotatable bonds is 2. The zero-order valence-electron chi connectivity index (χ0n) is 8.48. The van der Waals surface area contributed by atoms with E-state index in [-0.39, 0.29) is 11.8 Å². The van der Waals surface area contributed by atoms with Crippen LogP contribution in [-0.2, 0) is 4.79 Å². The standard InChI is InChI=1S/C10H19N3O/c11-8-3-1-2-4-9(8)13-5-7(6-13)10(12)14/h7-9H,1-6,11H2,(H2,12,14). The Bertz CT molecular complexity index is 225. The Hall–Kier alpha value is -0.610. The molecule has 2 fully saturated rings. The molecule has 14 heavy (non-hydrogen) atoms. The van der Waals surface area contributed by atoms with E-state index in [1.54, 1.807) is 0 Å². The predicted octanol–water partition coefficient (Wildman–Crippen LogP) is -0.327. The molecule has 0 aromatic carbocycles. The van der Waals surface area contributed by atoms with Crippen molar-refractivity contribution >= 4 is 5.91 Å². The maximum absolute atomic E-state index is 10.9. The lowest BCUT2D eigenvalue weighted by molar-refractivity contribution is -0.128. The fourth-order valence-corrected chi connectivity index (χ4v) is 2.56. The lowest BCUT2D eigenvalue weighted by atomic mass is 9.86. The number of nitrogens with two attached hydrogens (primary N) is 2. The minimum atomic E-state index is -0.161. The van der Waals surface area contributed by atoms with Crippen molar-refractivity contribution in [1.29, 1.82) is 0 Å². The second-order valence-corrected chi connectivity index (χ2v) is 4.57. The van der Waals surface area contributed by atoms with Crippen molar-refractivity contribution in [2.75, 3.05) is 13.1 Å². The largest absolute Gasteiger partial charge is 0.369 e. The van der Waals surface area contributed by atoms with Crippen molar-refractivity contribution in [1.82, 2.24) is 4.90 Å². The monoisotopic (exact) mass is 197 g/mol. The molecule has 1 amide bonds. The van der Waals surface area contributed by atoms with Crippen LogP contribution < -0.4 is 11.5 Å². The zero-order chi connectivity index (χ0) is 10.1. The Morgan fingerprint density at radius 2 is 1.86 bits per heavy atom. The molecule has 0 radical (unpaired) electrons. The number of likely N-dealkylation sites (tertiary alicyclic amines) is 1. The first-order valence-corrected chi connectivity index (χ1v) is 5.47. The van der Waals surface area contributed by atoms with E-state index in [1.165, 1.54) is 19.3 Å². The van der Waals surface area contributed by atoms with Gasteiger partial charge >= 0.3 is 0 Å². The maximum Gasteiger partial charge on any atom is 0.223 e. The Labute approximate surface area is 84.6 Å². The first-order chi connectivity index (χ1) is 6.68. The number of carbonyl (C=O) groups excluding carboxylic acids is 1. The average Bonchev–Trinajstić information content (AvgIpc) is 2.05. The van der Waals surface area contributed by atoms with Gasteiger partial charge in [0, 0.05) is 25.2 Å². The molecule has 2 aliphatic rings. The van der Waals surface area contributed by atoms with Crippen LogP contribution in [0, 0.1) is 5.92 Å². The predicted molar refractivity (Wildman–Crippen MR) is 54.5 cm³/mol. The van der Waals surface area contributed by atoms with Gasteiger partial charge in [-0.05, 0) is 12.8 Å². The maximum atomic E-state index is 10.9. The smallest absolute Gasteiger partial charge is 0.223 e. The molecular weight excluding hydrogens is 178 g/mol. The van der Waals surface area contributed by atoms with Gasteiger partial charge in [-0.1, -0.05) is 12.8 Å².